The number of benzene rings is 1. The molecule has 1 rings (SSSR count). The van der Waals surface area contributed by atoms with E-state index in [1.54, 1.807) is 0 Å². The van der Waals surface area contributed by atoms with Gasteiger partial charge >= 0.3 is 6.18 Å². The second kappa shape index (κ2) is 4.68. The van der Waals surface area contributed by atoms with Crippen LogP contribution in [0.4, 0.5) is 13.2 Å². The summed E-state index contributed by atoms with van der Waals surface area (Å²) in [4.78, 5) is 10.8. The number of halogens is 3. The minimum atomic E-state index is -4.40. The smallest absolute Gasteiger partial charge is 0.298 e. The molecule has 0 bridgehead atoms. The molecule has 1 aromatic carbocycles. The Bertz CT molecular complexity index is 382. The molecule has 1 nitrogen and oxygen atoms in total. The van der Waals surface area contributed by atoms with E-state index in [-0.39, 0.29) is 11.5 Å². The Morgan fingerprint density at radius 3 is 2.44 bits per heavy atom. The highest BCUT2D eigenvalue weighted by molar-refractivity contribution is 5.78. The van der Waals surface area contributed by atoms with Crippen LogP contribution < -0.4 is 0 Å². The molecule has 1 aromatic rings. The molecule has 4 heteroatoms. The molecule has 0 aliphatic carbocycles. The van der Waals surface area contributed by atoms with Gasteiger partial charge in [0.05, 0.1) is 5.56 Å². The SMILES string of the molecule is CCC(C)c1ccc(C(F)(F)F)cc1C=O. The van der Waals surface area contributed by atoms with Gasteiger partial charge in [0.15, 0.2) is 0 Å². The van der Waals surface area contributed by atoms with Gasteiger partial charge in [0.1, 0.15) is 6.29 Å². The highest BCUT2D eigenvalue weighted by Gasteiger charge is 2.31. The lowest BCUT2D eigenvalue weighted by atomic mass is 9.93. The Hall–Kier alpha value is -1.32. The zero-order chi connectivity index (χ0) is 12.3. The van der Waals surface area contributed by atoms with Crippen molar-refractivity contribution in [1.29, 1.82) is 0 Å². The summed E-state index contributed by atoms with van der Waals surface area (Å²) in [5, 5.41) is 0. The molecule has 0 N–H and O–H groups in total. The van der Waals surface area contributed by atoms with Crippen molar-refractivity contribution in [3.05, 3.63) is 34.9 Å². The highest BCUT2D eigenvalue weighted by atomic mass is 19.4. The van der Waals surface area contributed by atoms with E-state index in [2.05, 4.69) is 0 Å². The average Bonchev–Trinajstić information content (AvgIpc) is 2.26. The summed E-state index contributed by atoms with van der Waals surface area (Å²) in [7, 11) is 0. The number of hydrogen-bond acceptors (Lipinski definition) is 1. The number of carbonyl (C=O) groups excluding carboxylic acids is 1. The summed E-state index contributed by atoms with van der Waals surface area (Å²) in [6.07, 6.45) is -3.13. The van der Waals surface area contributed by atoms with Gasteiger partial charge in [-0.2, -0.15) is 13.2 Å². The fraction of sp³-hybridized carbons (Fsp3) is 0.417. The molecule has 0 heterocycles. The van der Waals surface area contributed by atoms with Crippen LogP contribution in [0.3, 0.4) is 0 Å². The first-order valence-corrected chi connectivity index (χ1v) is 5.06. The molecule has 0 aliphatic heterocycles. The average molecular weight is 230 g/mol. The van der Waals surface area contributed by atoms with Gasteiger partial charge in [0, 0.05) is 5.56 Å². The van der Waals surface area contributed by atoms with E-state index in [0.717, 1.165) is 18.6 Å². The number of hydrogen-bond donors (Lipinski definition) is 0. The van der Waals surface area contributed by atoms with Crippen LogP contribution in [0.5, 0.6) is 0 Å². The van der Waals surface area contributed by atoms with Gasteiger partial charge in [-0.25, -0.2) is 0 Å². The topological polar surface area (TPSA) is 17.1 Å². The number of alkyl halides is 3. The van der Waals surface area contributed by atoms with Crippen LogP contribution in [0.2, 0.25) is 0 Å². The fourth-order valence-corrected chi connectivity index (χ4v) is 1.52. The lowest BCUT2D eigenvalue weighted by Crippen LogP contribution is -2.07. The van der Waals surface area contributed by atoms with Gasteiger partial charge in [-0.1, -0.05) is 19.9 Å². The van der Waals surface area contributed by atoms with Crippen molar-refractivity contribution in [2.24, 2.45) is 0 Å². The summed E-state index contributed by atoms with van der Waals surface area (Å²) in [6.45, 7) is 3.81. The zero-order valence-electron chi connectivity index (χ0n) is 9.14. The van der Waals surface area contributed by atoms with E-state index in [1.165, 1.54) is 6.07 Å². The minimum absolute atomic E-state index is 0.0856. The van der Waals surface area contributed by atoms with Crippen LogP contribution in [0.1, 0.15) is 47.7 Å². The maximum atomic E-state index is 12.4. The van der Waals surface area contributed by atoms with E-state index in [0.29, 0.717) is 11.8 Å². The molecule has 0 radical (unpaired) electrons. The molecule has 16 heavy (non-hydrogen) atoms. The predicted octanol–water partition coefficient (Wildman–Crippen LogP) is 4.03. The third-order valence-electron chi connectivity index (χ3n) is 2.68. The van der Waals surface area contributed by atoms with Crippen molar-refractivity contribution < 1.29 is 18.0 Å². The van der Waals surface area contributed by atoms with E-state index in [1.807, 2.05) is 13.8 Å². The third-order valence-corrected chi connectivity index (χ3v) is 2.68. The molecule has 0 aromatic heterocycles. The van der Waals surface area contributed by atoms with Gasteiger partial charge in [-0.15, -0.1) is 0 Å². The molecule has 0 saturated heterocycles. The number of rotatable bonds is 3. The molecular weight excluding hydrogens is 217 g/mol. The van der Waals surface area contributed by atoms with Gasteiger partial charge < -0.3 is 0 Å². The van der Waals surface area contributed by atoms with Gasteiger partial charge in [-0.05, 0) is 30.0 Å². The minimum Gasteiger partial charge on any atom is -0.298 e. The van der Waals surface area contributed by atoms with Crippen LogP contribution in [-0.2, 0) is 6.18 Å². The lowest BCUT2D eigenvalue weighted by Gasteiger charge is -2.14. The summed E-state index contributed by atoms with van der Waals surface area (Å²) < 4.78 is 37.2. The summed E-state index contributed by atoms with van der Waals surface area (Å²) >= 11 is 0. The molecule has 1 unspecified atom stereocenters. The summed E-state index contributed by atoms with van der Waals surface area (Å²) in [6, 6.07) is 3.32. The van der Waals surface area contributed by atoms with Gasteiger partial charge in [0.2, 0.25) is 0 Å². The second-order valence-electron chi connectivity index (χ2n) is 3.77. The van der Waals surface area contributed by atoms with E-state index < -0.39 is 11.7 Å². The van der Waals surface area contributed by atoms with Crippen molar-refractivity contribution in [2.75, 3.05) is 0 Å². The van der Waals surface area contributed by atoms with Crippen molar-refractivity contribution in [3.8, 4) is 0 Å². The van der Waals surface area contributed by atoms with Crippen molar-refractivity contribution in [3.63, 3.8) is 0 Å². The first-order valence-electron chi connectivity index (χ1n) is 5.06. The second-order valence-corrected chi connectivity index (χ2v) is 3.77. The van der Waals surface area contributed by atoms with Gasteiger partial charge in [0.25, 0.3) is 0 Å². The fourth-order valence-electron chi connectivity index (χ4n) is 1.52. The van der Waals surface area contributed by atoms with Crippen LogP contribution >= 0.6 is 0 Å². The molecule has 0 aliphatic rings. The number of carbonyl (C=O) groups is 1. The monoisotopic (exact) mass is 230 g/mol. The molecule has 0 saturated carbocycles. The molecule has 0 spiro atoms. The Morgan fingerprint density at radius 1 is 1.38 bits per heavy atom. The molecular formula is C12H13F3O. The first-order chi connectivity index (χ1) is 7.40. The van der Waals surface area contributed by atoms with E-state index in [4.69, 9.17) is 0 Å². The summed E-state index contributed by atoms with van der Waals surface area (Å²) in [5.74, 6) is 0.0856. The predicted molar refractivity (Wildman–Crippen MR) is 55.5 cm³/mol. The Balaban J connectivity index is 3.22. The van der Waals surface area contributed by atoms with Crippen LogP contribution in [-0.4, -0.2) is 6.29 Å². The maximum Gasteiger partial charge on any atom is 0.416 e. The van der Waals surface area contributed by atoms with Crippen LogP contribution in [0.25, 0.3) is 0 Å². The third kappa shape index (κ3) is 2.62. The quantitative estimate of drug-likeness (QED) is 0.716. The molecule has 0 fully saturated rings. The number of aldehydes is 1. The van der Waals surface area contributed by atoms with Crippen molar-refractivity contribution in [2.45, 2.75) is 32.4 Å². The maximum absolute atomic E-state index is 12.4. The molecule has 1 atom stereocenters. The van der Waals surface area contributed by atoms with E-state index in [9.17, 15) is 18.0 Å². The first kappa shape index (κ1) is 12.7. The standard InChI is InChI=1S/C12H13F3O/c1-3-8(2)11-5-4-10(12(13,14)15)6-9(11)7-16/h4-8H,3H2,1-2H3. The van der Waals surface area contributed by atoms with Gasteiger partial charge in [-0.3, -0.25) is 4.79 Å². The van der Waals surface area contributed by atoms with Crippen LogP contribution in [0.15, 0.2) is 18.2 Å². The van der Waals surface area contributed by atoms with Crippen LogP contribution in [0, 0.1) is 0 Å². The van der Waals surface area contributed by atoms with Crippen molar-refractivity contribution >= 4 is 6.29 Å². The Kier molecular flexibility index (Phi) is 3.73. The largest absolute Gasteiger partial charge is 0.416 e. The molecule has 0 amide bonds. The Labute approximate surface area is 92.3 Å². The molecule has 88 valence electrons. The zero-order valence-corrected chi connectivity index (χ0v) is 9.14. The van der Waals surface area contributed by atoms with E-state index >= 15 is 0 Å². The summed E-state index contributed by atoms with van der Waals surface area (Å²) in [5.41, 5.74) is 0.0244. The highest BCUT2D eigenvalue weighted by Crippen LogP contribution is 2.32. The van der Waals surface area contributed by atoms with Crippen molar-refractivity contribution in [1.82, 2.24) is 0 Å². The normalized spacial score (nSPS) is 13.6. The Morgan fingerprint density at radius 2 is 2.00 bits per heavy atom. The lowest BCUT2D eigenvalue weighted by molar-refractivity contribution is -0.137.